The summed E-state index contributed by atoms with van der Waals surface area (Å²) in [5.74, 6) is -0.523. The zero-order chi connectivity index (χ0) is 23.4. The fourth-order valence-corrected chi connectivity index (χ4v) is 4.81. The molecule has 1 fully saturated rings. The van der Waals surface area contributed by atoms with Crippen LogP contribution in [0.4, 0.5) is 4.39 Å². The minimum atomic E-state index is -0.955. The van der Waals surface area contributed by atoms with Gasteiger partial charge in [0.25, 0.3) is 0 Å². The first kappa shape index (κ1) is 22.6. The number of hydrogen-bond donors (Lipinski definition) is 0. The Kier molecular flexibility index (Phi) is 6.54. The average Bonchev–Trinajstić information content (AvgIpc) is 3.25. The van der Waals surface area contributed by atoms with Crippen molar-refractivity contribution in [1.82, 2.24) is 14.8 Å². The summed E-state index contributed by atoms with van der Waals surface area (Å²) in [7, 11) is 3.47. The molecule has 0 spiro atoms. The number of carbonyl (C=O) groups is 2. The Labute approximate surface area is 193 Å². The van der Waals surface area contributed by atoms with Crippen LogP contribution < -0.4 is 0 Å². The smallest absolute Gasteiger partial charge is 0.248 e. The van der Waals surface area contributed by atoms with Gasteiger partial charge in [-0.3, -0.25) is 14.6 Å². The zero-order valence-electron chi connectivity index (χ0n) is 19.0. The Morgan fingerprint density at radius 1 is 1.03 bits per heavy atom. The molecule has 170 valence electrons. The molecule has 0 saturated carbocycles. The second-order valence-corrected chi connectivity index (χ2v) is 8.75. The second-order valence-electron chi connectivity index (χ2n) is 8.75. The molecule has 1 saturated heterocycles. The summed E-state index contributed by atoms with van der Waals surface area (Å²) in [4.78, 5) is 34.5. The molecule has 2 aromatic carbocycles. The Bertz CT molecular complexity index is 1130. The van der Waals surface area contributed by atoms with E-state index in [4.69, 9.17) is 0 Å². The van der Waals surface area contributed by atoms with Crippen LogP contribution >= 0.6 is 0 Å². The number of rotatable bonds is 6. The summed E-state index contributed by atoms with van der Waals surface area (Å²) in [5.41, 5.74) is 2.85. The fourth-order valence-electron chi connectivity index (χ4n) is 4.81. The van der Waals surface area contributed by atoms with Crippen molar-refractivity contribution in [1.29, 1.82) is 0 Å². The lowest BCUT2D eigenvalue weighted by Gasteiger charge is -2.39. The minimum absolute atomic E-state index is 0.0722. The highest BCUT2D eigenvalue weighted by molar-refractivity contribution is 5.93. The first-order valence-electron chi connectivity index (χ1n) is 11.2. The molecule has 1 atom stereocenters. The lowest BCUT2D eigenvalue weighted by molar-refractivity contribution is -0.149. The number of likely N-dealkylation sites (N-methyl/N-ethyl adjacent to an activating group) is 1. The van der Waals surface area contributed by atoms with Crippen LogP contribution in [-0.4, -0.2) is 52.8 Å². The SMILES string of the molecule is CN(C)C(=O)C1(Cc2ccccc2-c2ccncc2)CCCN1C(=O)Cc1ccc(F)cc1. The number of likely N-dealkylation sites (tertiary alicyclic amines) is 1. The zero-order valence-corrected chi connectivity index (χ0v) is 19.0. The molecule has 2 amide bonds. The number of nitrogens with zero attached hydrogens (tertiary/aromatic N) is 3. The fraction of sp³-hybridized carbons (Fsp3) is 0.296. The molecule has 1 unspecified atom stereocenters. The normalized spacial score (nSPS) is 17.7. The van der Waals surface area contributed by atoms with Crippen LogP contribution in [0.3, 0.4) is 0 Å². The van der Waals surface area contributed by atoms with Gasteiger partial charge in [-0.25, -0.2) is 4.39 Å². The van der Waals surface area contributed by atoms with Crippen molar-refractivity contribution < 1.29 is 14.0 Å². The number of aromatic nitrogens is 1. The molecule has 0 N–H and O–H groups in total. The third kappa shape index (κ3) is 4.65. The minimum Gasteiger partial charge on any atom is -0.347 e. The van der Waals surface area contributed by atoms with E-state index < -0.39 is 5.54 Å². The van der Waals surface area contributed by atoms with Crippen LogP contribution in [0.1, 0.15) is 24.0 Å². The standard InChI is InChI=1S/C27H28FN3O2/c1-30(2)26(33)27(19-22-6-3-4-7-24(22)21-12-15-29-16-13-21)14-5-17-31(27)25(32)18-20-8-10-23(28)11-9-20/h3-4,6-13,15-16H,5,14,17-19H2,1-2H3. The largest absolute Gasteiger partial charge is 0.347 e. The maximum atomic E-state index is 13.6. The highest BCUT2D eigenvalue weighted by Crippen LogP contribution is 2.37. The van der Waals surface area contributed by atoms with E-state index in [1.807, 2.05) is 36.4 Å². The Balaban J connectivity index is 1.70. The maximum Gasteiger partial charge on any atom is 0.248 e. The van der Waals surface area contributed by atoms with Crippen LogP contribution in [0.2, 0.25) is 0 Å². The number of pyridine rings is 1. The molecule has 3 aromatic rings. The Morgan fingerprint density at radius 2 is 1.73 bits per heavy atom. The van der Waals surface area contributed by atoms with Crippen LogP contribution in [0.5, 0.6) is 0 Å². The predicted molar refractivity (Wildman–Crippen MR) is 126 cm³/mol. The number of amides is 2. The summed E-state index contributed by atoms with van der Waals surface area (Å²) in [5, 5.41) is 0. The van der Waals surface area contributed by atoms with Gasteiger partial charge in [0.1, 0.15) is 11.4 Å². The van der Waals surface area contributed by atoms with Gasteiger partial charge in [0.2, 0.25) is 11.8 Å². The van der Waals surface area contributed by atoms with E-state index >= 15 is 0 Å². The molecule has 33 heavy (non-hydrogen) atoms. The number of hydrogen-bond acceptors (Lipinski definition) is 3. The summed E-state index contributed by atoms with van der Waals surface area (Å²) >= 11 is 0. The number of benzene rings is 2. The lowest BCUT2D eigenvalue weighted by Crippen LogP contribution is -2.58. The van der Waals surface area contributed by atoms with Crippen LogP contribution in [0.25, 0.3) is 11.1 Å². The molecule has 1 aliphatic heterocycles. The van der Waals surface area contributed by atoms with E-state index in [9.17, 15) is 14.0 Å². The number of carbonyl (C=O) groups excluding carboxylic acids is 2. The van der Waals surface area contributed by atoms with Crippen molar-refractivity contribution in [3.63, 3.8) is 0 Å². The molecular weight excluding hydrogens is 417 g/mol. The Hall–Kier alpha value is -3.54. The second kappa shape index (κ2) is 9.53. The van der Waals surface area contributed by atoms with Crippen molar-refractivity contribution in [3.05, 3.63) is 90.0 Å². The van der Waals surface area contributed by atoms with Crippen molar-refractivity contribution in [2.75, 3.05) is 20.6 Å². The van der Waals surface area contributed by atoms with E-state index in [2.05, 4.69) is 4.98 Å². The van der Waals surface area contributed by atoms with E-state index in [1.165, 1.54) is 12.1 Å². The van der Waals surface area contributed by atoms with Gasteiger partial charge in [-0.05, 0) is 59.4 Å². The summed E-state index contributed by atoms with van der Waals surface area (Å²) in [6.07, 6.45) is 5.42. The molecular formula is C27H28FN3O2. The van der Waals surface area contributed by atoms with Crippen LogP contribution in [0.15, 0.2) is 73.1 Å². The van der Waals surface area contributed by atoms with Gasteiger partial charge in [-0.2, -0.15) is 0 Å². The Morgan fingerprint density at radius 3 is 2.42 bits per heavy atom. The molecule has 6 heteroatoms. The van der Waals surface area contributed by atoms with Crippen molar-refractivity contribution in [2.24, 2.45) is 0 Å². The monoisotopic (exact) mass is 445 g/mol. The average molecular weight is 446 g/mol. The maximum absolute atomic E-state index is 13.6. The van der Waals surface area contributed by atoms with Crippen LogP contribution in [-0.2, 0) is 22.4 Å². The summed E-state index contributed by atoms with van der Waals surface area (Å²) in [6.45, 7) is 0.525. The van der Waals surface area contributed by atoms with Gasteiger partial charge >= 0.3 is 0 Å². The molecule has 5 nitrogen and oxygen atoms in total. The van der Waals surface area contributed by atoms with E-state index in [0.717, 1.165) is 28.7 Å². The summed E-state index contributed by atoms with van der Waals surface area (Å²) in [6, 6.07) is 17.9. The molecule has 1 aliphatic rings. The van der Waals surface area contributed by atoms with Crippen molar-refractivity contribution in [2.45, 2.75) is 31.2 Å². The van der Waals surface area contributed by atoms with Gasteiger partial charge in [0.05, 0.1) is 6.42 Å². The predicted octanol–water partition coefficient (Wildman–Crippen LogP) is 4.12. The quantitative estimate of drug-likeness (QED) is 0.574. The van der Waals surface area contributed by atoms with Gasteiger partial charge in [0, 0.05) is 39.5 Å². The molecule has 4 rings (SSSR count). The molecule has 0 aliphatic carbocycles. The third-order valence-corrected chi connectivity index (χ3v) is 6.35. The molecule has 2 heterocycles. The van der Waals surface area contributed by atoms with Gasteiger partial charge in [0.15, 0.2) is 0 Å². The molecule has 0 bridgehead atoms. The van der Waals surface area contributed by atoms with E-state index in [1.54, 1.807) is 48.4 Å². The lowest BCUT2D eigenvalue weighted by atomic mass is 9.83. The summed E-state index contributed by atoms with van der Waals surface area (Å²) < 4.78 is 13.3. The first-order valence-corrected chi connectivity index (χ1v) is 11.2. The third-order valence-electron chi connectivity index (χ3n) is 6.35. The van der Waals surface area contributed by atoms with E-state index in [-0.39, 0.29) is 24.1 Å². The van der Waals surface area contributed by atoms with Gasteiger partial charge < -0.3 is 9.80 Å². The van der Waals surface area contributed by atoms with Crippen molar-refractivity contribution >= 4 is 11.8 Å². The number of halogens is 1. The van der Waals surface area contributed by atoms with Gasteiger partial charge in [-0.1, -0.05) is 36.4 Å². The van der Waals surface area contributed by atoms with E-state index in [0.29, 0.717) is 19.4 Å². The molecule has 0 radical (unpaired) electrons. The molecule has 1 aromatic heterocycles. The highest BCUT2D eigenvalue weighted by atomic mass is 19.1. The van der Waals surface area contributed by atoms with Gasteiger partial charge in [-0.15, -0.1) is 0 Å². The highest BCUT2D eigenvalue weighted by Gasteiger charge is 2.50. The first-order chi connectivity index (χ1) is 15.9. The topological polar surface area (TPSA) is 53.5 Å². The van der Waals surface area contributed by atoms with Crippen molar-refractivity contribution in [3.8, 4) is 11.1 Å². The van der Waals surface area contributed by atoms with Crippen LogP contribution in [0, 0.1) is 5.82 Å².